The van der Waals surface area contributed by atoms with E-state index in [-0.39, 0.29) is 15.9 Å². The molecular weight excluding hydrogens is 338 g/mol. The van der Waals surface area contributed by atoms with Crippen LogP contribution >= 0.6 is 0 Å². The SMILES string of the molecule is COc1ccc(C(C)(C)C)cc1NC(=O)c1ccccc1S(C)(=O)=O. The van der Waals surface area contributed by atoms with Gasteiger partial charge in [0.25, 0.3) is 5.91 Å². The molecule has 25 heavy (non-hydrogen) atoms. The molecule has 2 aromatic rings. The molecule has 0 heterocycles. The van der Waals surface area contributed by atoms with E-state index >= 15 is 0 Å². The van der Waals surface area contributed by atoms with Crippen LogP contribution in [0.3, 0.4) is 0 Å². The van der Waals surface area contributed by atoms with Crippen molar-refractivity contribution in [2.24, 2.45) is 0 Å². The molecule has 1 N–H and O–H groups in total. The molecule has 2 aromatic carbocycles. The first-order valence-electron chi connectivity index (χ1n) is 7.83. The number of benzene rings is 2. The van der Waals surface area contributed by atoms with E-state index in [1.54, 1.807) is 18.2 Å². The van der Waals surface area contributed by atoms with E-state index in [1.165, 1.54) is 19.2 Å². The number of nitrogens with one attached hydrogen (secondary N) is 1. The zero-order valence-electron chi connectivity index (χ0n) is 15.1. The van der Waals surface area contributed by atoms with Crippen LogP contribution in [0.4, 0.5) is 5.69 Å². The van der Waals surface area contributed by atoms with Gasteiger partial charge in [-0.3, -0.25) is 4.79 Å². The maximum atomic E-state index is 12.7. The fraction of sp³-hybridized carbons (Fsp3) is 0.316. The van der Waals surface area contributed by atoms with Gasteiger partial charge in [0.15, 0.2) is 9.84 Å². The summed E-state index contributed by atoms with van der Waals surface area (Å²) in [7, 11) is -1.99. The minimum Gasteiger partial charge on any atom is -0.495 e. The van der Waals surface area contributed by atoms with E-state index in [4.69, 9.17) is 4.74 Å². The van der Waals surface area contributed by atoms with Gasteiger partial charge in [-0.2, -0.15) is 0 Å². The lowest BCUT2D eigenvalue weighted by Gasteiger charge is -2.21. The molecule has 0 saturated heterocycles. The third-order valence-corrected chi connectivity index (χ3v) is 5.00. The summed E-state index contributed by atoms with van der Waals surface area (Å²) in [6.07, 6.45) is 1.08. The van der Waals surface area contributed by atoms with Gasteiger partial charge in [-0.15, -0.1) is 0 Å². The smallest absolute Gasteiger partial charge is 0.257 e. The van der Waals surface area contributed by atoms with Crippen molar-refractivity contribution < 1.29 is 17.9 Å². The second kappa shape index (κ2) is 6.88. The van der Waals surface area contributed by atoms with Gasteiger partial charge in [0.1, 0.15) is 5.75 Å². The minimum atomic E-state index is -3.51. The molecule has 5 nitrogen and oxygen atoms in total. The van der Waals surface area contributed by atoms with Gasteiger partial charge in [0, 0.05) is 6.26 Å². The minimum absolute atomic E-state index is 0.00144. The predicted octanol–water partition coefficient (Wildman–Crippen LogP) is 3.65. The van der Waals surface area contributed by atoms with Crippen LogP contribution in [0.15, 0.2) is 47.4 Å². The quantitative estimate of drug-likeness (QED) is 0.902. The molecule has 0 aliphatic heterocycles. The summed E-state index contributed by atoms with van der Waals surface area (Å²) in [4.78, 5) is 12.7. The molecule has 2 rings (SSSR count). The Morgan fingerprint density at radius 1 is 1.08 bits per heavy atom. The Balaban J connectivity index is 2.45. The van der Waals surface area contributed by atoms with Crippen molar-refractivity contribution in [1.82, 2.24) is 0 Å². The maximum absolute atomic E-state index is 12.7. The summed E-state index contributed by atoms with van der Waals surface area (Å²) in [6, 6.07) is 11.7. The van der Waals surface area contributed by atoms with Crippen molar-refractivity contribution >= 4 is 21.4 Å². The number of sulfone groups is 1. The molecule has 0 unspecified atom stereocenters. The molecule has 1 amide bonds. The van der Waals surface area contributed by atoms with Gasteiger partial charge in [0.05, 0.1) is 23.3 Å². The Labute approximate surface area is 148 Å². The average molecular weight is 361 g/mol. The van der Waals surface area contributed by atoms with Crippen LogP contribution in [0.1, 0.15) is 36.7 Å². The second-order valence-electron chi connectivity index (χ2n) is 6.89. The molecule has 0 spiro atoms. The van der Waals surface area contributed by atoms with Crippen LogP contribution in [-0.4, -0.2) is 27.7 Å². The summed E-state index contributed by atoms with van der Waals surface area (Å²) in [5.74, 6) is 0.0172. The molecule has 0 aliphatic rings. The Bertz CT molecular complexity index is 896. The van der Waals surface area contributed by atoms with Crippen LogP contribution in [0, 0.1) is 0 Å². The van der Waals surface area contributed by atoms with Gasteiger partial charge in [-0.05, 0) is 35.2 Å². The number of rotatable bonds is 4. The van der Waals surface area contributed by atoms with Gasteiger partial charge >= 0.3 is 0 Å². The highest BCUT2D eigenvalue weighted by Crippen LogP contribution is 2.32. The van der Waals surface area contributed by atoms with Crippen molar-refractivity contribution in [1.29, 1.82) is 0 Å². The normalized spacial score (nSPS) is 11.9. The fourth-order valence-electron chi connectivity index (χ4n) is 2.44. The lowest BCUT2D eigenvalue weighted by Crippen LogP contribution is -2.18. The topological polar surface area (TPSA) is 72.5 Å². The summed E-state index contributed by atoms with van der Waals surface area (Å²) < 4.78 is 29.1. The van der Waals surface area contributed by atoms with Crippen molar-refractivity contribution in [3.05, 3.63) is 53.6 Å². The molecule has 0 aliphatic carbocycles. The number of ether oxygens (including phenoxy) is 1. The molecule has 0 bridgehead atoms. The summed E-state index contributed by atoms with van der Waals surface area (Å²) in [6.45, 7) is 6.21. The molecule has 0 atom stereocenters. The second-order valence-corrected chi connectivity index (χ2v) is 8.87. The third kappa shape index (κ3) is 4.39. The molecule has 0 radical (unpaired) electrons. The van der Waals surface area contributed by atoms with E-state index in [1.807, 2.05) is 12.1 Å². The highest BCUT2D eigenvalue weighted by atomic mass is 32.2. The van der Waals surface area contributed by atoms with Crippen LogP contribution in [-0.2, 0) is 15.3 Å². The van der Waals surface area contributed by atoms with Crippen molar-refractivity contribution in [2.45, 2.75) is 31.1 Å². The van der Waals surface area contributed by atoms with Crippen LogP contribution in [0.2, 0.25) is 0 Å². The van der Waals surface area contributed by atoms with E-state index in [9.17, 15) is 13.2 Å². The molecular formula is C19H23NO4S. The Morgan fingerprint density at radius 3 is 2.28 bits per heavy atom. The average Bonchev–Trinajstić information content (AvgIpc) is 2.53. The van der Waals surface area contributed by atoms with E-state index < -0.39 is 15.7 Å². The van der Waals surface area contributed by atoms with Crippen LogP contribution in [0.25, 0.3) is 0 Å². The zero-order chi connectivity index (χ0) is 18.8. The largest absolute Gasteiger partial charge is 0.495 e. The van der Waals surface area contributed by atoms with E-state index in [0.29, 0.717) is 11.4 Å². The number of hydrogen-bond acceptors (Lipinski definition) is 4. The maximum Gasteiger partial charge on any atom is 0.257 e. The Morgan fingerprint density at radius 2 is 1.72 bits per heavy atom. The van der Waals surface area contributed by atoms with E-state index in [2.05, 4.69) is 26.1 Å². The highest BCUT2D eigenvalue weighted by molar-refractivity contribution is 7.90. The summed E-state index contributed by atoms with van der Waals surface area (Å²) >= 11 is 0. The Hall–Kier alpha value is -2.34. The first kappa shape index (κ1) is 19.0. The Kier molecular flexibility index (Phi) is 5.23. The molecule has 0 saturated carbocycles. The summed E-state index contributed by atoms with van der Waals surface area (Å²) in [5, 5.41) is 2.77. The number of methoxy groups -OCH3 is 1. The number of hydrogen-bond donors (Lipinski definition) is 1. The number of amides is 1. The first-order valence-corrected chi connectivity index (χ1v) is 9.72. The van der Waals surface area contributed by atoms with E-state index in [0.717, 1.165) is 11.8 Å². The monoisotopic (exact) mass is 361 g/mol. The molecule has 134 valence electrons. The first-order chi connectivity index (χ1) is 11.5. The lowest BCUT2D eigenvalue weighted by atomic mass is 9.87. The standard InChI is InChI=1S/C19H23NO4S/c1-19(2,3)13-10-11-16(24-4)15(12-13)20-18(21)14-8-6-7-9-17(14)25(5,22)23/h6-12H,1-5H3,(H,20,21). The van der Waals surface area contributed by atoms with Gasteiger partial charge in [-0.1, -0.05) is 39.0 Å². The predicted molar refractivity (Wildman–Crippen MR) is 99.2 cm³/mol. The summed E-state index contributed by atoms with van der Waals surface area (Å²) in [5.41, 5.74) is 1.53. The van der Waals surface area contributed by atoms with Gasteiger partial charge in [0.2, 0.25) is 0 Å². The van der Waals surface area contributed by atoms with Gasteiger partial charge < -0.3 is 10.1 Å². The van der Waals surface area contributed by atoms with Crippen LogP contribution in [0.5, 0.6) is 5.75 Å². The molecule has 0 aromatic heterocycles. The van der Waals surface area contributed by atoms with Crippen molar-refractivity contribution in [3.63, 3.8) is 0 Å². The molecule has 6 heteroatoms. The lowest BCUT2D eigenvalue weighted by molar-refractivity contribution is 0.102. The number of carbonyl (C=O) groups is 1. The number of carbonyl (C=O) groups excluding carboxylic acids is 1. The van der Waals surface area contributed by atoms with Crippen LogP contribution < -0.4 is 10.1 Å². The van der Waals surface area contributed by atoms with Gasteiger partial charge in [-0.25, -0.2) is 8.42 Å². The third-order valence-electron chi connectivity index (χ3n) is 3.84. The zero-order valence-corrected chi connectivity index (χ0v) is 15.9. The van der Waals surface area contributed by atoms with Crippen molar-refractivity contribution in [3.8, 4) is 5.75 Å². The molecule has 0 fully saturated rings. The highest BCUT2D eigenvalue weighted by Gasteiger charge is 2.21. The number of anilines is 1. The van der Waals surface area contributed by atoms with Crippen molar-refractivity contribution in [2.75, 3.05) is 18.7 Å². The fourth-order valence-corrected chi connectivity index (χ4v) is 3.33.